The molecular formula is C31H33FO6. The van der Waals surface area contributed by atoms with Crippen LogP contribution in [0.4, 0.5) is 4.39 Å². The average molecular weight is 521 g/mol. The molecule has 3 aromatic rings. The number of hydrogen-bond acceptors (Lipinski definition) is 5. The van der Waals surface area contributed by atoms with Gasteiger partial charge in [0, 0.05) is 23.1 Å². The van der Waals surface area contributed by atoms with Crippen LogP contribution in [-0.4, -0.2) is 35.0 Å². The number of aliphatic carboxylic acids is 1. The summed E-state index contributed by atoms with van der Waals surface area (Å²) in [5.41, 5.74) is 5.53. The van der Waals surface area contributed by atoms with Crippen molar-refractivity contribution >= 4 is 5.97 Å². The Hall–Kier alpha value is -3.58. The summed E-state index contributed by atoms with van der Waals surface area (Å²) >= 11 is 0. The molecule has 1 aliphatic carbocycles. The highest BCUT2D eigenvalue weighted by Gasteiger charge is 2.32. The molecule has 5 rings (SSSR count). The predicted molar refractivity (Wildman–Crippen MR) is 142 cm³/mol. The minimum Gasteiger partial charge on any atom is -0.492 e. The van der Waals surface area contributed by atoms with Crippen LogP contribution in [0.2, 0.25) is 0 Å². The van der Waals surface area contributed by atoms with Gasteiger partial charge in [-0.05, 0) is 92.6 Å². The quantitative estimate of drug-likeness (QED) is 0.364. The molecule has 6 nitrogen and oxygen atoms in total. The van der Waals surface area contributed by atoms with E-state index in [1.807, 2.05) is 44.2 Å². The van der Waals surface area contributed by atoms with Gasteiger partial charge in [0.05, 0.1) is 18.6 Å². The van der Waals surface area contributed by atoms with E-state index in [1.54, 1.807) is 19.9 Å². The second-order valence-electron chi connectivity index (χ2n) is 11.0. The second kappa shape index (κ2) is 9.95. The highest BCUT2D eigenvalue weighted by atomic mass is 19.1. The summed E-state index contributed by atoms with van der Waals surface area (Å²) in [6.45, 7) is 7.95. The lowest BCUT2D eigenvalue weighted by atomic mass is 9.90. The maximum absolute atomic E-state index is 15.2. The van der Waals surface area contributed by atoms with Crippen LogP contribution in [0.25, 0.3) is 11.1 Å². The average Bonchev–Trinajstić information content (AvgIpc) is 3.43. The molecule has 2 aliphatic rings. The third kappa shape index (κ3) is 5.20. The van der Waals surface area contributed by atoms with Crippen molar-refractivity contribution in [2.75, 3.05) is 13.2 Å². The predicted octanol–water partition coefficient (Wildman–Crippen LogP) is 6.28. The third-order valence-electron chi connectivity index (χ3n) is 7.21. The molecule has 0 amide bonds. The normalized spacial score (nSPS) is 18.1. The molecule has 0 aromatic heterocycles. The summed E-state index contributed by atoms with van der Waals surface area (Å²) in [6.07, 6.45) is 0.913. The van der Waals surface area contributed by atoms with Gasteiger partial charge in [-0.3, -0.25) is 4.79 Å². The van der Waals surface area contributed by atoms with Gasteiger partial charge in [-0.2, -0.15) is 0 Å². The number of carboxylic acid groups (broad SMARTS) is 1. The zero-order valence-corrected chi connectivity index (χ0v) is 22.1. The molecule has 7 heteroatoms. The van der Waals surface area contributed by atoms with Gasteiger partial charge in [0.2, 0.25) is 0 Å². The minimum absolute atomic E-state index is 0.0164. The number of rotatable bonds is 8. The summed E-state index contributed by atoms with van der Waals surface area (Å²) in [5, 5.41) is 19.1. The first-order valence-electron chi connectivity index (χ1n) is 12.9. The van der Waals surface area contributed by atoms with Crippen molar-refractivity contribution in [2.45, 2.75) is 64.6 Å². The Balaban J connectivity index is 1.41. The van der Waals surface area contributed by atoms with E-state index < -0.39 is 17.7 Å². The standard InChI is InChI=1S/C31H33FO6/c1-17-11-21(37-16-31(3,4)35)12-18(2)29(17)23-7-9-25(32)30-24(23)8-10-26(30)38-20-5-6-22-19(13-28(33)34)15-36-27(22)14-20/h5-7,9,11-12,14,19,26,35H,8,10,13,15-16H2,1-4H3,(H,33,34). The number of benzene rings is 3. The van der Waals surface area contributed by atoms with Gasteiger partial charge in [0.25, 0.3) is 0 Å². The first kappa shape index (κ1) is 26.0. The van der Waals surface area contributed by atoms with E-state index in [9.17, 15) is 9.90 Å². The fraction of sp³-hybridized carbons (Fsp3) is 0.387. The van der Waals surface area contributed by atoms with Gasteiger partial charge in [0.15, 0.2) is 0 Å². The van der Waals surface area contributed by atoms with Crippen LogP contribution in [-0.2, 0) is 11.2 Å². The third-order valence-corrected chi connectivity index (χ3v) is 7.21. The lowest BCUT2D eigenvalue weighted by molar-refractivity contribution is -0.137. The number of aliphatic hydroxyl groups is 1. The summed E-state index contributed by atoms with van der Waals surface area (Å²) in [7, 11) is 0. The minimum atomic E-state index is -0.932. The van der Waals surface area contributed by atoms with Crippen molar-refractivity contribution in [3.8, 4) is 28.4 Å². The molecule has 2 unspecified atom stereocenters. The molecule has 200 valence electrons. The molecule has 0 spiro atoms. The Morgan fingerprint density at radius 3 is 2.53 bits per heavy atom. The van der Waals surface area contributed by atoms with E-state index in [2.05, 4.69) is 0 Å². The Labute approximate surface area is 222 Å². The Morgan fingerprint density at radius 2 is 1.84 bits per heavy atom. The Kier molecular flexibility index (Phi) is 6.82. The largest absolute Gasteiger partial charge is 0.492 e. The maximum atomic E-state index is 15.2. The van der Waals surface area contributed by atoms with E-state index in [0.717, 1.165) is 33.4 Å². The maximum Gasteiger partial charge on any atom is 0.304 e. The van der Waals surface area contributed by atoms with Crippen molar-refractivity contribution < 1.29 is 33.6 Å². The molecule has 0 bridgehead atoms. The fourth-order valence-corrected chi connectivity index (χ4v) is 5.59. The highest BCUT2D eigenvalue weighted by molar-refractivity contribution is 5.76. The van der Waals surface area contributed by atoms with Crippen LogP contribution in [0, 0.1) is 19.7 Å². The number of carboxylic acids is 1. The molecule has 0 saturated heterocycles. The molecule has 38 heavy (non-hydrogen) atoms. The van der Waals surface area contributed by atoms with Gasteiger partial charge in [-0.1, -0.05) is 12.1 Å². The second-order valence-corrected chi connectivity index (χ2v) is 11.0. The van der Waals surface area contributed by atoms with E-state index in [0.29, 0.717) is 42.3 Å². The summed E-state index contributed by atoms with van der Waals surface area (Å²) in [6, 6.07) is 12.7. The first-order valence-corrected chi connectivity index (χ1v) is 12.9. The van der Waals surface area contributed by atoms with Gasteiger partial charge in [0.1, 0.15) is 35.8 Å². The van der Waals surface area contributed by atoms with Crippen LogP contribution in [0.3, 0.4) is 0 Å². The van der Waals surface area contributed by atoms with Crippen molar-refractivity contribution in [3.05, 3.63) is 76.1 Å². The van der Waals surface area contributed by atoms with Gasteiger partial charge in [-0.15, -0.1) is 0 Å². The monoisotopic (exact) mass is 520 g/mol. The summed E-state index contributed by atoms with van der Waals surface area (Å²) in [5.74, 6) is 0.563. The van der Waals surface area contributed by atoms with Crippen LogP contribution in [0.5, 0.6) is 17.2 Å². The Morgan fingerprint density at radius 1 is 1.11 bits per heavy atom. The molecule has 1 heterocycles. The number of aryl methyl sites for hydroxylation is 2. The summed E-state index contributed by atoms with van der Waals surface area (Å²) < 4.78 is 33.0. The van der Waals surface area contributed by atoms with Gasteiger partial charge < -0.3 is 24.4 Å². The molecular weight excluding hydrogens is 487 g/mol. The molecule has 1 aliphatic heterocycles. The van der Waals surface area contributed by atoms with Crippen LogP contribution < -0.4 is 14.2 Å². The molecule has 2 N–H and O–H groups in total. The van der Waals surface area contributed by atoms with E-state index >= 15 is 4.39 Å². The molecule has 0 fully saturated rings. The van der Waals surface area contributed by atoms with Crippen LogP contribution >= 0.6 is 0 Å². The number of halogens is 1. The van der Waals surface area contributed by atoms with Crippen molar-refractivity contribution in [1.82, 2.24) is 0 Å². The number of fused-ring (bicyclic) bond motifs is 2. The zero-order valence-electron chi connectivity index (χ0n) is 22.1. The fourth-order valence-electron chi connectivity index (χ4n) is 5.59. The van der Waals surface area contributed by atoms with E-state index in [-0.39, 0.29) is 24.8 Å². The van der Waals surface area contributed by atoms with Gasteiger partial charge >= 0.3 is 5.97 Å². The summed E-state index contributed by atoms with van der Waals surface area (Å²) in [4.78, 5) is 11.1. The van der Waals surface area contributed by atoms with Crippen LogP contribution in [0.1, 0.15) is 66.5 Å². The smallest absolute Gasteiger partial charge is 0.304 e. The van der Waals surface area contributed by atoms with E-state index in [4.69, 9.17) is 19.3 Å². The lowest BCUT2D eigenvalue weighted by Gasteiger charge is -2.21. The van der Waals surface area contributed by atoms with Crippen molar-refractivity contribution in [2.24, 2.45) is 0 Å². The van der Waals surface area contributed by atoms with Crippen molar-refractivity contribution in [1.29, 1.82) is 0 Å². The van der Waals surface area contributed by atoms with Gasteiger partial charge in [-0.25, -0.2) is 4.39 Å². The molecule has 0 radical (unpaired) electrons. The topological polar surface area (TPSA) is 85.2 Å². The number of ether oxygens (including phenoxy) is 3. The lowest BCUT2D eigenvalue weighted by Crippen LogP contribution is -2.27. The Bertz CT molecular complexity index is 1370. The SMILES string of the molecule is Cc1cc(OCC(C)(C)O)cc(C)c1-c1ccc(F)c2c1CCC2Oc1ccc2c(c1)OCC2CC(=O)O. The van der Waals surface area contributed by atoms with Crippen LogP contribution in [0.15, 0.2) is 42.5 Å². The number of carbonyl (C=O) groups is 1. The zero-order chi connectivity index (χ0) is 27.2. The highest BCUT2D eigenvalue weighted by Crippen LogP contribution is 2.45. The molecule has 2 atom stereocenters. The van der Waals surface area contributed by atoms with Crippen molar-refractivity contribution in [3.63, 3.8) is 0 Å². The first-order chi connectivity index (χ1) is 18.0. The molecule has 0 saturated carbocycles. The number of hydrogen-bond donors (Lipinski definition) is 2. The van der Waals surface area contributed by atoms with E-state index in [1.165, 1.54) is 6.07 Å². The molecule has 3 aromatic carbocycles.